The van der Waals surface area contributed by atoms with Crippen LogP contribution in [0.5, 0.6) is 0 Å². The third-order valence-electron chi connectivity index (χ3n) is 3.27. The molecule has 2 rings (SSSR count). The molecule has 0 aliphatic carbocycles. The number of esters is 1. The SMILES string of the molecule is N#Cc1ccc(/C=C/C(=O)OCC(=O)Nc2cccc(C(F)(F)F)c2)cc1. The van der Waals surface area contributed by atoms with Crippen LogP contribution in [-0.2, 0) is 20.5 Å². The summed E-state index contributed by atoms with van der Waals surface area (Å²) in [7, 11) is 0. The number of halogens is 3. The molecule has 0 saturated carbocycles. The van der Waals surface area contributed by atoms with Gasteiger partial charge in [0, 0.05) is 11.8 Å². The third-order valence-corrected chi connectivity index (χ3v) is 3.27. The highest BCUT2D eigenvalue weighted by Gasteiger charge is 2.30. The van der Waals surface area contributed by atoms with E-state index in [2.05, 4.69) is 5.32 Å². The predicted molar refractivity (Wildman–Crippen MR) is 91.2 cm³/mol. The van der Waals surface area contributed by atoms with Gasteiger partial charge in [-0.1, -0.05) is 18.2 Å². The lowest BCUT2D eigenvalue weighted by Gasteiger charge is -2.09. The van der Waals surface area contributed by atoms with Crippen molar-refractivity contribution in [2.45, 2.75) is 6.18 Å². The van der Waals surface area contributed by atoms with E-state index in [-0.39, 0.29) is 5.69 Å². The van der Waals surface area contributed by atoms with E-state index >= 15 is 0 Å². The molecule has 0 unspecified atom stereocenters. The van der Waals surface area contributed by atoms with Crippen LogP contribution in [0.4, 0.5) is 18.9 Å². The van der Waals surface area contributed by atoms with Crippen molar-refractivity contribution in [3.8, 4) is 6.07 Å². The summed E-state index contributed by atoms with van der Waals surface area (Å²) in [5.41, 5.74) is 0.169. The molecule has 0 saturated heterocycles. The van der Waals surface area contributed by atoms with Crippen molar-refractivity contribution in [2.75, 3.05) is 11.9 Å². The second kappa shape index (κ2) is 8.67. The quantitative estimate of drug-likeness (QED) is 0.638. The average Bonchev–Trinajstić information content (AvgIpc) is 2.64. The highest BCUT2D eigenvalue weighted by atomic mass is 19.4. The van der Waals surface area contributed by atoms with Gasteiger partial charge in [0.2, 0.25) is 0 Å². The summed E-state index contributed by atoms with van der Waals surface area (Å²) < 4.78 is 42.6. The molecule has 0 bridgehead atoms. The first-order chi connectivity index (χ1) is 12.8. The second-order valence-corrected chi connectivity index (χ2v) is 5.30. The molecular formula is C19H13F3N2O3. The van der Waals surface area contributed by atoms with E-state index in [1.54, 1.807) is 24.3 Å². The number of hydrogen-bond acceptors (Lipinski definition) is 4. The van der Waals surface area contributed by atoms with Gasteiger partial charge in [-0.2, -0.15) is 18.4 Å². The molecule has 5 nitrogen and oxygen atoms in total. The van der Waals surface area contributed by atoms with E-state index in [9.17, 15) is 22.8 Å². The summed E-state index contributed by atoms with van der Waals surface area (Å²) in [6.07, 6.45) is -1.99. The zero-order chi connectivity index (χ0) is 19.9. The molecule has 1 N–H and O–H groups in total. The third kappa shape index (κ3) is 6.32. The van der Waals surface area contributed by atoms with Crippen molar-refractivity contribution in [2.24, 2.45) is 0 Å². The molecule has 0 spiro atoms. The number of hydrogen-bond donors (Lipinski definition) is 1. The smallest absolute Gasteiger partial charge is 0.416 e. The molecule has 0 aromatic heterocycles. The number of amides is 1. The fraction of sp³-hybridized carbons (Fsp3) is 0.105. The molecule has 1 amide bonds. The normalized spacial score (nSPS) is 11.0. The molecule has 2 aromatic carbocycles. The fourth-order valence-corrected chi connectivity index (χ4v) is 1.99. The topological polar surface area (TPSA) is 79.2 Å². The summed E-state index contributed by atoms with van der Waals surface area (Å²) in [5, 5.41) is 10.9. The number of nitrogens with zero attached hydrogens (tertiary/aromatic N) is 1. The number of rotatable bonds is 5. The molecule has 8 heteroatoms. The molecule has 0 radical (unpaired) electrons. The fourth-order valence-electron chi connectivity index (χ4n) is 1.99. The maximum absolute atomic E-state index is 12.6. The van der Waals surface area contributed by atoms with Gasteiger partial charge in [-0.3, -0.25) is 4.79 Å². The number of carbonyl (C=O) groups is 2. The number of ether oxygens (including phenoxy) is 1. The zero-order valence-electron chi connectivity index (χ0n) is 13.8. The molecule has 138 valence electrons. The Morgan fingerprint density at radius 1 is 1.15 bits per heavy atom. The van der Waals surface area contributed by atoms with E-state index in [1.165, 1.54) is 12.1 Å². The zero-order valence-corrected chi connectivity index (χ0v) is 13.8. The van der Waals surface area contributed by atoms with Gasteiger partial charge in [-0.15, -0.1) is 0 Å². The number of anilines is 1. The maximum atomic E-state index is 12.6. The van der Waals surface area contributed by atoms with Crippen LogP contribution in [0, 0.1) is 11.3 Å². The average molecular weight is 374 g/mol. The van der Waals surface area contributed by atoms with Gasteiger partial charge >= 0.3 is 12.1 Å². The van der Waals surface area contributed by atoms with E-state index in [1.807, 2.05) is 6.07 Å². The van der Waals surface area contributed by atoms with Gasteiger partial charge in [-0.05, 0) is 42.0 Å². The van der Waals surface area contributed by atoms with Gasteiger partial charge in [0.25, 0.3) is 5.91 Å². The van der Waals surface area contributed by atoms with Crippen LogP contribution < -0.4 is 5.32 Å². The van der Waals surface area contributed by atoms with Gasteiger partial charge in [-0.25, -0.2) is 4.79 Å². The van der Waals surface area contributed by atoms with Crippen LogP contribution in [0.15, 0.2) is 54.6 Å². The lowest BCUT2D eigenvalue weighted by molar-refractivity contribution is -0.142. The number of alkyl halides is 3. The number of nitriles is 1. The maximum Gasteiger partial charge on any atom is 0.416 e. The van der Waals surface area contributed by atoms with Crippen LogP contribution in [0.2, 0.25) is 0 Å². The summed E-state index contributed by atoms with van der Waals surface area (Å²) in [6, 6.07) is 12.5. The highest BCUT2D eigenvalue weighted by molar-refractivity contribution is 5.94. The van der Waals surface area contributed by atoms with Gasteiger partial charge in [0.1, 0.15) is 0 Å². The minimum absolute atomic E-state index is 0.0565. The molecule has 0 atom stereocenters. The first-order valence-electron chi connectivity index (χ1n) is 7.60. The Balaban J connectivity index is 1.85. The Bertz CT molecular complexity index is 898. The standard InChI is InChI=1S/C19H13F3N2O3/c20-19(21,22)15-2-1-3-16(10-15)24-17(25)12-27-18(26)9-8-13-4-6-14(11-23)7-5-13/h1-10H,12H2,(H,24,25)/b9-8+. The summed E-state index contributed by atoms with van der Waals surface area (Å²) in [6.45, 7) is -0.646. The molecule has 0 fully saturated rings. The molecule has 0 aliphatic rings. The van der Waals surface area contributed by atoms with Crippen molar-refractivity contribution >= 4 is 23.6 Å². The molecule has 2 aromatic rings. The van der Waals surface area contributed by atoms with E-state index < -0.39 is 30.2 Å². The Morgan fingerprint density at radius 2 is 1.85 bits per heavy atom. The van der Waals surface area contributed by atoms with Crippen molar-refractivity contribution in [3.63, 3.8) is 0 Å². The minimum atomic E-state index is -4.52. The van der Waals surface area contributed by atoms with Crippen LogP contribution in [0.3, 0.4) is 0 Å². The summed E-state index contributed by atoms with van der Waals surface area (Å²) in [5.74, 6) is -1.56. The van der Waals surface area contributed by atoms with Crippen molar-refractivity contribution in [1.29, 1.82) is 5.26 Å². The van der Waals surface area contributed by atoms with Crippen LogP contribution in [-0.4, -0.2) is 18.5 Å². The van der Waals surface area contributed by atoms with Gasteiger partial charge in [0.05, 0.1) is 17.2 Å². The lowest BCUT2D eigenvalue weighted by atomic mass is 10.1. The first kappa shape index (κ1) is 19.7. The Morgan fingerprint density at radius 3 is 2.48 bits per heavy atom. The van der Waals surface area contributed by atoms with Crippen molar-refractivity contribution in [3.05, 3.63) is 71.3 Å². The van der Waals surface area contributed by atoms with Gasteiger partial charge < -0.3 is 10.1 Å². The van der Waals surface area contributed by atoms with E-state index in [0.717, 1.165) is 24.3 Å². The predicted octanol–water partition coefficient (Wildman–Crippen LogP) is 3.77. The number of nitrogens with one attached hydrogen (secondary N) is 1. The Hall–Kier alpha value is -3.60. The summed E-state index contributed by atoms with van der Waals surface area (Å²) in [4.78, 5) is 23.3. The lowest BCUT2D eigenvalue weighted by Crippen LogP contribution is -2.20. The van der Waals surface area contributed by atoms with E-state index in [4.69, 9.17) is 10.00 Å². The van der Waals surface area contributed by atoms with E-state index in [0.29, 0.717) is 11.1 Å². The molecule has 27 heavy (non-hydrogen) atoms. The monoisotopic (exact) mass is 374 g/mol. The molecule has 0 aliphatic heterocycles. The molecule has 0 heterocycles. The number of benzene rings is 2. The highest BCUT2D eigenvalue weighted by Crippen LogP contribution is 2.30. The first-order valence-corrected chi connectivity index (χ1v) is 7.60. The Labute approximate surface area is 152 Å². The minimum Gasteiger partial charge on any atom is -0.452 e. The Kier molecular flexibility index (Phi) is 6.33. The van der Waals surface area contributed by atoms with Crippen LogP contribution in [0.25, 0.3) is 6.08 Å². The molecular weight excluding hydrogens is 361 g/mol. The number of carbonyl (C=O) groups excluding carboxylic acids is 2. The largest absolute Gasteiger partial charge is 0.452 e. The second-order valence-electron chi connectivity index (χ2n) is 5.30. The van der Waals surface area contributed by atoms with Gasteiger partial charge in [0.15, 0.2) is 6.61 Å². The van der Waals surface area contributed by atoms with Crippen LogP contribution >= 0.6 is 0 Å². The van der Waals surface area contributed by atoms with Crippen LogP contribution in [0.1, 0.15) is 16.7 Å². The van der Waals surface area contributed by atoms with Crippen molar-refractivity contribution < 1.29 is 27.5 Å². The van der Waals surface area contributed by atoms with Crippen molar-refractivity contribution in [1.82, 2.24) is 0 Å². The summed E-state index contributed by atoms with van der Waals surface area (Å²) >= 11 is 0.